The van der Waals surface area contributed by atoms with E-state index in [-0.39, 0.29) is 19.0 Å². The van der Waals surface area contributed by atoms with Crippen molar-refractivity contribution in [3.05, 3.63) is 54.1 Å². The van der Waals surface area contributed by atoms with Crippen molar-refractivity contribution >= 4 is 21.6 Å². The van der Waals surface area contributed by atoms with E-state index in [1.165, 1.54) is 4.31 Å². The second-order valence-corrected chi connectivity index (χ2v) is 8.18. The molecule has 0 saturated heterocycles. The molecule has 1 amide bonds. The molecule has 1 aliphatic heterocycles. The van der Waals surface area contributed by atoms with Crippen molar-refractivity contribution in [2.75, 3.05) is 30.3 Å². The Morgan fingerprint density at radius 1 is 1.22 bits per heavy atom. The third-order valence-corrected chi connectivity index (χ3v) is 5.33. The molecule has 1 heterocycles. The average Bonchev–Trinajstić information content (AvgIpc) is 2.64. The van der Waals surface area contributed by atoms with Gasteiger partial charge in [-0.25, -0.2) is 8.42 Å². The number of anilines is 1. The molecule has 0 spiro atoms. The van der Waals surface area contributed by atoms with Gasteiger partial charge >= 0.3 is 0 Å². The van der Waals surface area contributed by atoms with E-state index < -0.39 is 16.1 Å². The van der Waals surface area contributed by atoms with Crippen LogP contribution in [0.2, 0.25) is 0 Å². The standard InChI is InChI=1S/C19H22N2O5S/c1-14-7-3-5-9-16(14)25-12-11-20-19(22)18-13-21(27(2,23)24)15-8-4-6-10-17(15)26-18/h3-10,18H,11-13H2,1-2H3,(H,20,22)/t18-/m0/s1. The van der Waals surface area contributed by atoms with Crippen LogP contribution in [0.15, 0.2) is 48.5 Å². The molecule has 1 aliphatic rings. The summed E-state index contributed by atoms with van der Waals surface area (Å²) in [4.78, 5) is 12.4. The maximum Gasteiger partial charge on any atom is 0.263 e. The fraction of sp³-hybridized carbons (Fsp3) is 0.316. The highest BCUT2D eigenvalue weighted by Gasteiger charge is 2.34. The molecule has 0 unspecified atom stereocenters. The molecular weight excluding hydrogens is 368 g/mol. The molecule has 0 radical (unpaired) electrons. The van der Waals surface area contributed by atoms with Gasteiger partial charge in [0.15, 0.2) is 6.10 Å². The van der Waals surface area contributed by atoms with E-state index >= 15 is 0 Å². The van der Waals surface area contributed by atoms with Crippen LogP contribution in [0.3, 0.4) is 0 Å². The number of fused-ring (bicyclic) bond motifs is 1. The summed E-state index contributed by atoms with van der Waals surface area (Å²) in [5.74, 6) is 0.745. The van der Waals surface area contributed by atoms with Gasteiger partial charge in [-0.3, -0.25) is 9.10 Å². The monoisotopic (exact) mass is 390 g/mol. The Bertz CT molecular complexity index is 929. The van der Waals surface area contributed by atoms with E-state index in [0.717, 1.165) is 17.6 Å². The van der Waals surface area contributed by atoms with E-state index in [9.17, 15) is 13.2 Å². The second kappa shape index (κ2) is 7.87. The summed E-state index contributed by atoms with van der Waals surface area (Å²) < 4.78 is 36.7. The average molecular weight is 390 g/mol. The number of amides is 1. The number of aryl methyl sites for hydroxylation is 1. The summed E-state index contributed by atoms with van der Waals surface area (Å²) in [5.41, 5.74) is 1.45. The normalized spacial score (nSPS) is 16.2. The van der Waals surface area contributed by atoms with Crippen molar-refractivity contribution in [1.82, 2.24) is 5.32 Å². The first kappa shape index (κ1) is 19.0. The summed E-state index contributed by atoms with van der Waals surface area (Å²) in [5, 5.41) is 2.73. The number of hydrogen-bond donors (Lipinski definition) is 1. The van der Waals surface area contributed by atoms with Crippen LogP contribution in [0.1, 0.15) is 5.56 Å². The number of nitrogens with zero attached hydrogens (tertiary/aromatic N) is 1. The summed E-state index contributed by atoms with van der Waals surface area (Å²) in [6.07, 6.45) is 0.188. The minimum atomic E-state index is -3.52. The van der Waals surface area contributed by atoms with Gasteiger partial charge in [0.05, 0.1) is 25.0 Å². The predicted molar refractivity (Wildman–Crippen MR) is 103 cm³/mol. The van der Waals surface area contributed by atoms with Gasteiger partial charge in [0, 0.05) is 0 Å². The SMILES string of the molecule is Cc1ccccc1OCCNC(=O)[C@@H]1CN(S(C)(=O)=O)c2ccccc2O1. The molecule has 2 aromatic rings. The van der Waals surface area contributed by atoms with Crippen molar-refractivity contribution < 1.29 is 22.7 Å². The lowest BCUT2D eigenvalue weighted by atomic mass is 10.2. The highest BCUT2D eigenvalue weighted by atomic mass is 32.2. The topological polar surface area (TPSA) is 84.9 Å². The molecular formula is C19H22N2O5S. The van der Waals surface area contributed by atoms with Crippen molar-refractivity contribution in [2.24, 2.45) is 0 Å². The lowest BCUT2D eigenvalue weighted by Crippen LogP contribution is -2.51. The third kappa shape index (κ3) is 4.51. The fourth-order valence-electron chi connectivity index (χ4n) is 2.82. The number of nitrogens with one attached hydrogen (secondary N) is 1. The minimum Gasteiger partial charge on any atom is -0.491 e. The molecule has 1 atom stereocenters. The summed E-state index contributed by atoms with van der Waals surface area (Å²) in [7, 11) is -3.52. The third-order valence-electron chi connectivity index (χ3n) is 4.18. The molecule has 7 nitrogen and oxygen atoms in total. The molecule has 0 aliphatic carbocycles. The van der Waals surface area contributed by atoms with Gasteiger partial charge in [-0.1, -0.05) is 30.3 Å². The summed E-state index contributed by atoms with van der Waals surface area (Å²) in [6.45, 7) is 2.46. The molecule has 1 N–H and O–H groups in total. The smallest absolute Gasteiger partial charge is 0.263 e. The summed E-state index contributed by atoms with van der Waals surface area (Å²) in [6, 6.07) is 14.4. The zero-order valence-corrected chi connectivity index (χ0v) is 16.0. The largest absolute Gasteiger partial charge is 0.491 e. The molecule has 2 aromatic carbocycles. The van der Waals surface area contributed by atoms with Crippen LogP contribution in [0, 0.1) is 6.92 Å². The van der Waals surface area contributed by atoms with Crippen LogP contribution < -0.4 is 19.1 Å². The lowest BCUT2D eigenvalue weighted by molar-refractivity contribution is -0.127. The van der Waals surface area contributed by atoms with Gasteiger partial charge in [0.25, 0.3) is 5.91 Å². The maximum atomic E-state index is 12.4. The van der Waals surface area contributed by atoms with Crippen molar-refractivity contribution in [3.63, 3.8) is 0 Å². The van der Waals surface area contributed by atoms with Crippen LogP contribution in [0.4, 0.5) is 5.69 Å². The lowest BCUT2D eigenvalue weighted by Gasteiger charge is -2.33. The predicted octanol–water partition coefficient (Wildman–Crippen LogP) is 1.72. The highest BCUT2D eigenvalue weighted by molar-refractivity contribution is 7.92. The first-order chi connectivity index (χ1) is 12.9. The van der Waals surface area contributed by atoms with Crippen molar-refractivity contribution in [3.8, 4) is 11.5 Å². The van der Waals surface area contributed by atoms with Gasteiger partial charge in [0.1, 0.15) is 18.1 Å². The number of sulfonamides is 1. The van der Waals surface area contributed by atoms with E-state index in [1.807, 2.05) is 31.2 Å². The zero-order chi connectivity index (χ0) is 19.4. The van der Waals surface area contributed by atoms with E-state index in [0.29, 0.717) is 18.0 Å². The molecule has 8 heteroatoms. The maximum absolute atomic E-state index is 12.4. The van der Waals surface area contributed by atoms with E-state index in [1.54, 1.807) is 24.3 Å². The molecule has 0 bridgehead atoms. The number of ether oxygens (including phenoxy) is 2. The zero-order valence-electron chi connectivity index (χ0n) is 15.2. The number of carbonyl (C=O) groups excluding carboxylic acids is 1. The quantitative estimate of drug-likeness (QED) is 0.759. The Hall–Kier alpha value is -2.74. The van der Waals surface area contributed by atoms with Crippen LogP contribution in [0.5, 0.6) is 11.5 Å². The second-order valence-electron chi connectivity index (χ2n) is 6.27. The Labute approximate surface area is 158 Å². The van der Waals surface area contributed by atoms with Gasteiger partial charge in [-0.15, -0.1) is 0 Å². The Morgan fingerprint density at radius 2 is 1.93 bits per heavy atom. The molecule has 144 valence electrons. The van der Waals surface area contributed by atoms with Gasteiger partial charge in [-0.05, 0) is 30.7 Å². The number of hydrogen-bond acceptors (Lipinski definition) is 5. The number of rotatable bonds is 6. The van der Waals surface area contributed by atoms with E-state index in [4.69, 9.17) is 9.47 Å². The molecule has 3 rings (SSSR count). The highest BCUT2D eigenvalue weighted by Crippen LogP contribution is 2.34. The Balaban J connectivity index is 1.60. The van der Waals surface area contributed by atoms with Crippen LogP contribution in [-0.2, 0) is 14.8 Å². The molecule has 0 aromatic heterocycles. The van der Waals surface area contributed by atoms with Crippen LogP contribution >= 0.6 is 0 Å². The Morgan fingerprint density at radius 3 is 2.67 bits per heavy atom. The van der Waals surface area contributed by atoms with E-state index in [2.05, 4.69) is 5.32 Å². The number of carbonyl (C=O) groups is 1. The first-order valence-corrected chi connectivity index (χ1v) is 10.4. The number of para-hydroxylation sites is 3. The van der Waals surface area contributed by atoms with Gasteiger partial charge < -0.3 is 14.8 Å². The molecule has 27 heavy (non-hydrogen) atoms. The molecule has 0 fully saturated rings. The number of benzene rings is 2. The minimum absolute atomic E-state index is 0.0691. The van der Waals surface area contributed by atoms with Crippen molar-refractivity contribution in [1.29, 1.82) is 0 Å². The van der Waals surface area contributed by atoms with Gasteiger partial charge in [0.2, 0.25) is 10.0 Å². The van der Waals surface area contributed by atoms with Gasteiger partial charge in [-0.2, -0.15) is 0 Å². The molecule has 0 saturated carbocycles. The summed E-state index contributed by atoms with van der Waals surface area (Å²) >= 11 is 0. The first-order valence-electron chi connectivity index (χ1n) is 8.56. The van der Waals surface area contributed by atoms with Crippen LogP contribution in [0.25, 0.3) is 0 Å². The van der Waals surface area contributed by atoms with Crippen molar-refractivity contribution in [2.45, 2.75) is 13.0 Å². The fourth-order valence-corrected chi connectivity index (χ4v) is 3.73. The van der Waals surface area contributed by atoms with Crippen LogP contribution in [-0.4, -0.2) is 46.4 Å². The Kier molecular flexibility index (Phi) is 5.55.